The fourth-order valence-corrected chi connectivity index (χ4v) is 3.63. The van der Waals surface area contributed by atoms with Crippen molar-refractivity contribution in [2.24, 2.45) is 0 Å². The average Bonchev–Trinajstić information content (AvgIpc) is 2.93. The van der Waals surface area contributed by atoms with Gasteiger partial charge < -0.3 is 10.2 Å². The van der Waals surface area contributed by atoms with Gasteiger partial charge in [0.2, 0.25) is 11.8 Å². The van der Waals surface area contributed by atoms with Gasteiger partial charge in [-0.2, -0.15) is 0 Å². The number of imide groups is 1. The van der Waals surface area contributed by atoms with Gasteiger partial charge in [0.05, 0.1) is 16.1 Å². The van der Waals surface area contributed by atoms with E-state index in [2.05, 4.69) is 5.32 Å². The summed E-state index contributed by atoms with van der Waals surface area (Å²) in [6, 6.07) is 3.24. The van der Waals surface area contributed by atoms with Crippen molar-refractivity contribution in [2.45, 2.75) is 25.3 Å². The lowest BCUT2D eigenvalue weighted by molar-refractivity contribution is -0.384. The third-order valence-electron chi connectivity index (χ3n) is 4.99. The number of nitrogens with zero attached hydrogens (tertiary/aromatic N) is 3. The van der Waals surface area contributed by atoms with Crippen LogP contribution in [-0.2, 0) is 9.59 Å². The summed E-state index contributed by atoms with van der Waals surface area (Å²) in [6.45, 7) is 0.528. The monoisotopic (exact) mass is 422 g/mol. The zero-order valence-electron chi connectivity index (χ0n) is 15.4. The van der Waals surface area contributed by atoms with Crippen molar-refractivity contribution in [3.8, 4) is 0 Å². The van der Waals surface area contributed by atoms with Gasteiger partial charge in [0.1, 0.15) is 6.54 Å². The number of likely N-dealkylation sites (tertiary alicyclic amines) is 1. The molecule has 1 aromatic rings. The van der Waals surface area contributed by atoms with Crippen molar-refractivity contribution in [1.29, 1.82) is 0 Å². The maximum atomic E-state index is 12.4. The van der Waals surface area contributed by atoms with Crippen molar-refractivity contribution in [1.82, 2.24) is 15.1 Å². The maximum absolute atomic E-state index is 12.4. The Balaban J connectivity index is 1.56. The van der Waals surface area contributed by atoms with Crippen LogP contribution >= 0.6 is 11.6 Å². The van der Waals surface area contributed by atoms with E-state index >= 15 is 0 Å². The van der Waals surface area contributed by atoms with Crippen LogP contribution in [0.4, 0.5) is 5.69 Å². The van der Waals surface area contributed by atoms with Gasteiger partial charge in [-0.1, -0.05) is 0 Å². The van der Waals surface area contributed by atoms with Gasteiger partial charge >= 0.3 is 0 Å². The number of hydrogen-bond acceptors (Lipinski definition) is 6. The molecule has 1 N–H and O–H groups in total. The second-order valence-corrected chi connectivity index (χ2v) is 7.22. The Kier molecular flexibility index (Phi) is 6.12. The van der Waals surface area contributed by atoms with Crippen LogP contribution < -0.4 is 5.32 Å². The van der Waals surface area contributed by atoms with Crippen LogP contribution in [0.2, 0.25) is 0 Å². The van der Waals surface area contributed by atoms with E-state index in [4.69, 9.17) is 11.6 Å². The summed E-state index contributed by atoms with van der Waals surface area (Å²) in [4.78, 5) is 61.7. The summed E-state index contributed by atoms with van der Waals surface area (Å²) in [7, 11) is 0. The molecule has 4 amide bonds. The van der Waals surface area contributed by atoms with Gasteiger partial charge in [-0.05, 0) is 18.9 Å². The van der Waals surface area contributed by atoms with Gasteiger partial charge in [-0.15, -0.1) is 11.6 Å². The van der Waals surface area contributed by atoms with Crippen molar-refractivity contribution in [2.75, 3.05) is 25.5 Å². The van der Waals surface area contributed by atoms with Crippen molar-refractivity contribution in [3.63, 3.8) is 0 Å². The van der Waals surface area contributed by atoms with Crippen molar-refractivity contribution in [3.05, 3.63) is 39.4 Å². The molecule has 0 atom stereocenters. The molecule has 2 heterocycles. The number of hydrogen-bond donors (Lipinski definition) is 1. The Morgan fingerprint density at radius 1 is 1.17 bits per heavy atom. The highest BCUT2D eigenvalue weighted by Crippen LogP contribution is 2.26. The van der Waals surface area contributed by atoms with Gasteiger partial charge in [0.25, 0.3) is 17.5 Å². The van der Waals surface area contributed by atoms with Gasteiger partial charge in [0.15, 0.2) is 0 Å². The minimum atomic E-state index is -0.731. The van der Waals surface area contributed by atoms with Crippen molar-refractivity contribution < 1.29 is 24.1 Å². The normalized spacial score (nSPS) is 16.7. The Morgan fingerprint density at radius 3 is 2.45 bits per heavy atom. The average molecular weight is 423 g/mol. The Bertz CT molecular complexity index is 881. The summed E-state index contributed by atoms with van der Waals surface area (Å²) in [5, 5.41) is 13.6. The number of carbonyl (C=O) groups excluding carboxylic acids is 4. The highest BCUT2D eigenvalue weighted by Gasteiger charge is 2.38. The zero-order chi connectivity index (χ0) is 21.1. The van der Waals surface area contributed by atoms with E-state index in [1.165, 1.54) is 6.07 Å². The number of nitrogens with one attached hydrogen (secondary N) is 1. The highest BCUT2D eigenvalue weighted by molar-refractivity contribution is 6.22. The number of non-ortho nitro benzene ring substituents is 1. The molecule has 0 unspecified atom stereocenters. The minimum absolute atomic E-state index is 0.0232. The fourth-order valence-electron chi connectivity index (χ4n) is 3.46. The molecule has 1 saturated heterocycles. The molecular formula is C18H19ClN4O6. The topological polar surface area (TPSA) is 130 Å². The summed E-state index contributed by atoms with van der Waals surface area (Å²) in [6.07, 6.45) is 1.40. The quantitative estimate of drug-likeness (QED) is 0.314. The zero-order valence-corrected chi connectivity index (χ0v) is 16.2. The molecule has 3 rings (SSSR count). The maximum Gasteiger partial charge on any atom is 0.270 e. The van der Waals surface area contributed by atoms with E-state index in [1.807, 2.05) is 0 Å². The molecule has 2 aliphatic rings. The number of nitro groups is 1. The molecule has 11 heteroatoms. The predicted molar refractivity (Wildman–Crippen MR) is 102 cm³/mol. The standard InChI is InChI=1S/C18H19ClN4O6/c19-6-3-16(25)21-7-4-11(5-8-21)20-15(24)10-22-17(26)13-2-1-12(23(28)29)9-14(13)18(22)27/h1-2,9,11H,3-8,10H2,(H,20,24). The molecular weight excluding hydrogens is 404 g/mol. The second-order valence-electron chi connectivity index (χ2n) is 6.85. The molecule has 0 bridgehead atoms. The number of benzene rings is 1. The molecule has 0 spiro atoms. The largest absolute Gasteiger partial charge is 0.352 e. The van der Waals surface area contributed by atoms with Crippen molar-refractivity contribution >= 4 is 40.9 Å². The van der Waals surface area contributed by atoms with Crippen LogP contribution in [0.15, 0.2) is 18.2 Å². The fraction of sp³-hybridized carbons (Fsp3) is 0.444. The second kappa shape index (κ2) is 8.56. The van der Waals surface area contributed by atoms with Gasteiger partial charge in [0, 0.05) is 43.6 Å². The molecule has 0 aliphatic carbocycles. The Morgan fingerprint density at radius 2 is 1.83 bits per heavy atom. The number of halogens is 1. The van der Waals surface area contributed by atoms with Crippen LogP contribution in [0.3, 0.4) is 0 Å². The number of fused-ring (bicyclic) bond motifs is 1. The first-order valence-electron chi connectivity index (χ1n) is 9.09. The van der Waals surface area contributed by atoms with E-state index in [9.17, 15) is 29.3 Å². The summed E-state index contributed by atoms with van der Waals surface area (Å²) in [5.41, 5.74) is -0.339. The van der Waals surface area contributed by atoms with E-state index in [0.717, 1.165) is 17.0 Å². The molecule has 29 heavy (non-hydrogen) atoms. The first kappa shape index (κ1) is 20.7. The van der Waals surface area contributed by atoms with Crippen LogP contribution in [0.1, 0.15) is 40.0 Å². The lowest BCUT2D eigenvalue weighted by Gasteiger charge is -2.32. The molecule has 1 aromatic carbocycles. The summed E-state index contributed by atoms with van der Waals surface area (Å²) >= 11 is 5.58. The molecule has 0 aromatic heterocycles. The molecule has 0 radical (unpaired) electrons. The summed E-state index contributed by atoms with van der Waals surface area (Å²) in [5.74, 6) is -1.65. The molecule has 2 aliphatic heterocycles. The van der Waals surface area contributed by atoms with Gasteiger partial charge in [-0.25, -0.2) is 0 Å². The number of alkyl halides is 1. The molecule has 1 fully saturated rings. The van der Waals surface area contributed by atoms with Crippen LogP contribution in [-0.4, -0.2) is 69.9 Å². The van der Waals surface area contributed by atoms with E-state index in [0.29, 0.717) is 25.9 Å². The SMILES string of the molecule is O=C(CN1C(=O)c2ccc([N+](=O)[O-])cc2C1=O)NC1CCN(C(=O)CCCl)CC1. The van der Waals surface area contributed by atoms with Crippen LogP contribution in [0.5, 0.6) is 0 Å². The predicted octanol–water partition coefficient (Wildman–Crippen LogP) is 0.927. The lowest BCUT2D eigenvalue weighted by atomic mass is 10.0. The number of piperidine rings is 1. The lowest BCUT2D eigenvalue weighted by Crippen LogP contribution is -2.49. The number of nitro benzene ring substituents is 1. The Hall–Kier alpha value is -3.01. The van der Waals surface area contributed by atoms with Crippen LogP contribution in [0.25, 0.3) is 0 Å². The first-order chi connectivity index (χ1) is 13.8. The molecule has 10 nitrogen and oxygen atoms in total. The third-order valence-corrected chi connectivity index (χ3v) is 5.18. The Labute approximate surface area is 170 Å². The number of amides is 4. The molecule has 154 valence electrons. The highest BCUT2D eigenvalue weighted by atomic mass is 35.5. The molecule has 0 saturated carbocycles. The third kappa shape index (κ3) is 4.37. The smallest absolute Gasteiger partial charge is 0.270 e. The van der Waals surface area contributed by atoms with E-state index in [1.54, 1.807) is 4.90 Å². The number of rotatable bonds is 6. The number of carbonyl (C=O) groups is 4. The van der Waals surface area contributed by atoms with Gasteiger partial charge in [-0.3, -0.25) is 34.2 Å². The van der Waals surface area contributed by atoms with E-state index < -0.39 is 29.2 Å². The van der Waals surface area contributed by atoms with Crippen LogP contribution in [0, 0.1) is 10.1 Å². The van der Waals surface area contributed by atoms with E-state index in [-0.39, 0.29) is 41.1 Å². The summed E-state index contributed by atoms with van der Waals surface area (Å²) < 4.78 is 0. The minimum Gasteiger partial charge on any atom is -0.352 e. The first-order valence-corrected chi connectivity index (χ1v) is 9.63.